The van der Waals surface area contributed by atoms with E-state index in [1.807, 2.05) is 12.1 Å². The minimum Gasteiger partial charge on any atom is -0.497 e. The molecule has 0 saturated carbocycles. The molecule has 1 unspecified atom stereocenters. The Morgan fingerprint density at radius 3 is 2.91 bits per heavy atom. The summed E-state index contributed by atoms with van der Waals surface area (Å²) in [5.41, 5.74) is 1.40. The summed E-state index contributed by atoms with van der Waals surface area (Å²) in [5.74, 6) is 2.04. The van der Waals surface area contributed by atoms with Crippen molar-refractivity contribution in [2.45, 2.75) is 19.4 Å². The minimum atomic E-state index is -0.157. The summed E-state index contributed by atoms with van der Waals surface area (Å²) in [7, 11) is 3.16. The van der Waals surface area contributed by atoms with E-state index in [0.29, 0.717) is 47.0 Å². The van der Waals surface area contributed by atoms with Gasteiger partial charge in [-0.15, -0.1) is 0 Å². The number of hydrogen-bond donors (Lipinski definition) is 1. The van der Waals surface area contributed by atoms with Crippen molar-refractivity contribution in [1.82, 2.24) is 15.0 Å². The average molecular weight is 457 g/mol. The van der Waals surface area contributed by atoms with Crippen LogP contribution in [-0.4, -0.2) is 48.3 Å². The number of nitrogens with one attached hydrogen (secondary N) is 1. The molecule has 8 nitrogen and oxygen atoms in total. The van der Waals surface area contributed by atoms with Gasteiger partial charge in [0.2, 0.25) is 17.6 Å². The fourth-order valence-electron chi connectivity index (χ4n) is 3.81. The molecule has 2 heterocycles. The third kappa shape index (κ3) is 5.20. The Bertz CT molecular complexity index is 1090. The van der Waals surface area contributed by atoms with Gasteiger partial charge >= 0.3 is 0 Å². The number of carbonyl (C=O) groups excluding carboxylic acids is 1. The molecule has 3 aromatic rings. The van der Waals surface area contributed by atoms with E-state index in [2.05, 4.69) is 20.4 Å². The van der Waals surface area contributed by atoms with Crippen molar-refractivity contribution in [3.63, 3.8) is 0 Å². The van der Waals surface area contributed by atoms with Crippen LogP contribution in [-0.2, 0) is 11.3 Å². The number of benzene rings is 2. The first-order valence-corrected chi connectivity index (χ1v) is 10.8. The number of hydrogen-bond acceptors (Lipinski definition) is 7. The number of aromatic nitrogens is 2. The summed E-state index contributed by atoms with van der Waals surface area (Å²) in [6.07, 6.45) is 1.72. The summed E-state index contributed by atoms with van der Waals surface area (Å²) in [5, 5.41) is 7.67. The van der Waals surface area contributed by atoms with Crippen LogP contribution in [0.4, 0.5) is 5.69 Å². The number of piperidine rings is 1. The standard InChI is InChI=1S/C23H25ClN4O4/c1-30-18-8-9-20(31-2)19(12-18)25-23(29)16-6-4-10-28(13-16)14-21-26-22(27-32-21)15-5-3-7-17(24)11-15/h3,5,7-9,11-12,16H,4,6,10,13-14H2,1-2H3,(H,25,29). The van der Waals surface area contributed by atoms with Gasteiger partial charge in [0, 0.05) is 23.2 Å². The van der Waals surface area contributed by atoms with Crippen LogP contribution in [0.25, 0.3) is 11.4 Å². The van der Waals surface area contributed by atoms with Gasteiger partial charge in [0.25, 0.3) is 0 Å². The Morgan fingerprint density at radius 2 is 2.12 bits per heavy atom. The van der Waals surface area contributed by atoms with Crippen molar-refractivity contribution in [2.24, 2.45) is 5.92 Å². The lowest BCUT2D eigenvalue weighted by Gasteiger charge is -2.31. The number of likely N-dealkylation sites (tertiary alicyclic amines) is 1. The Labute approximate surface area is 191 Å². The first kappa shape index (κ1) is 22.1. The van der Waals surface area contributed by atoms with Crippen LogP contribution < -0.4 is 14.8 Å². The highest BCUT2D eigenvalue weighted by atomic mass is 35.5. The Kier molecular flexibility index (Phi) is 6.92. The first-order chi connectivity index (χ1) is 15.6. The Hall–Kier alpha value is -3.10. The van der Waals surface area contributed by atoms with Crippen LogP contribution in [0.15, 0.2) is 47.0 Å². The molecule has 9 heteroatoms. The van der Waals surface area contributed by atoms with Gasteiger partial charge in [0.1, 0.15) is 11.5 Å². The second kappa shape index (κ2) is 10.0. The van der Waals surface area contributed by atoms with Crippen molar-refractivity contribution < 1.29 is 18.8 Å². The zero-order valence-corrected chi connectivity index (χ0v) is 18.8. The van der Waals surface area contributed by atoms with Crippen molar-refractivity contribution in [3.8, 4) is 22.9 Å². The molecule has 0 aliphatic carbocycles. The van der Waals surface area contributed by atoms with Crippen molar-refractivity contribution in [1.29, 1.82) is 0 Å². The topological polar surface area (TPSA) is 89.7 Å². The van der Waals surface area contributed by atoms with Gasteiger partial charge in [-0.1, -0.05) is 28.9 Å². The van der Waals surface area contributed by atoms with Crippen LogP contribution in [0.5, 0.6) is 11.5 Å². The molecule has 1 aliphatic heterocycles. The molecule has 2 aromatic carbocycles. The summed E-state index contributed by atoms with van der Waals surface area (Å²) >= 11 is 6.05. The predicted octanol–water partition coefficient (Wildman–Crippen LogP) is 4.26. The number of ether oxygens (including phenoxy) is 2. The molecule has 1 aromatic heterocycles. The molecule has 32 heavy (non-hydrogen) atoms. The number of anilines is 1. The molecular weight excluding hydrogens is 432 g/mol. The van der Waals surface area contributed by atoms with E-state index in [4.69, 9.17) is 25.6 Å². The summed E-state index contributed by atoms with van der Waals surface area (Å²) in [6, 6.07) is 12.6. The SMILES string of the molecule is COc1ccc(OC)c(NC(=O)C2CCCN(Cc3nc(-c4cccc(Cl)c4)no3)C2)c1. The van der Waals surface area contributed by atoms with Gasteiger partial charge in [0.15, 0.2) is 0 Å². The molecule has 0 spiro atoms. The van der Waals surface area contributed by atoms with Gasteiger partial charge in [-0.2, -0.15) is 4.98 Å². The number of amides is 1. The third-order valence-electron chi connectivity index (χ3n) is 5.45. The van der Waals surface area contributed by atoms with Crippen LogP contribution in [0.3, 0.4) is 0 Å². The normalized spacial score (nSPS) is 16.5. The second-order valence-electron chi connectivity index (χ2n) is 7.65. The number of methoxy groups -OCH3 is 2. The highest BCUT2D eigenvalue weighted by molar-refractivity contribution is 6.30. The maximum atomic E-state index is 13.0. The molecule has 1 amide bonds. The maximum absolute atomic E-state index is 13.0. The van der Waals surface area contributed by atoms with E-state index in [9.17, 15) is 4.79 Å². The molecular formula is C23H25ClN4O4. The van der Waals surface area contributed by atoms with Crippen LogP contribution in [0.2, 0.25) is 5.02 Å². The lowest BCUT2D eigenvalue weighted by atomic mass is 9.97. The first-order valence-electron chi connectivity index (χ1n) is 10.4. The van der Waals surface area contributed by atoms with Crippen LogP contribution in [0.1, 0.15) is 18.7 Å². The fourth-order valence-corrected chi connectivity index (χ4v) is 4.01. The molecule has 1 aliphatic rings. The third-order valence-corrected chi connectivity index (χ3v) is 5.69. The monoisotopic (exact) mass is 456 g/mol. The molecule has 1 fully saturated rings. The largest absolute Gasteiger partial charge is 0.497 e. The number of carbonyl (C=O) groups is 1. The number of halogens is 1. The van der Waals surface area contributed by atoms with Gasteiger partial charge in [0.05, 0.1) is 32.4 Å². The fraction of sp³-hybridized carbons (Fsp3) is 0.348. The highest BCUT2D eigenvalue weighted by Gasteiger charge is 2.27. The zero-order valence-electron chi connectivity index (χ0n) is 18.0. The van der Waals surface area contributed by atoms with E-state index in [0.717, 1.165) is 24.9 Å². The van der Waals surface area contributed by atoms with Crippen LogP contribution >= 0.6 is 11.6 Å². The van der Waals surface area contributed by atoms with E-state index in [1.165, 1.54) is 0 Å². The van der Waals surface area contributed by atoms with E-state index in [1.54, 1.807) is 44.6 Å². The smallest absolute Gasteiger partial charge is 0.241 e. The Balaban J connectivity index is 1.39. The van der Waals surface area contributed by atoms with Crippen molar-refractivity contribution in [2.75, 3.05) is 32.6 Å². The van der Waals surface area contributed by atoms with Gasteiger partial charge in [-0.25, -0.2) is 0 Å². The molecule has 1 atom stereocenters. The average Bonchev–Trinajstić information content (AvgIpc) is 3.27. The molecule has 0 bridgehead atoms. The molecule has 0 radical (unpaired) electrons. The quantitative estimate of drug-likeness (QED) is 0.568. The molecule has 1 saturated heterocycles. The van der Waals surface area contributed by atoms with E-state index in [-0.39, 0.29) is 11.8 Å². The van der Waals surface area contributed by atoms with Gasteiger partial charge in [-0.05, 0) is 43.7 Å². The molecule has 168 valence electrons. The minimum absolute atomic E-state index is 0.0496. The number of rotatable bonds is 7. The van der Waals surface area contributed by atoms with Crippen LogP contribution in [0, 0.1) is 5.92 Å². The predicted molar refractivity (Wildman–Crippen MR) is 121 cm³/mol. The van der Waals surface area contributed by atoms with Gasteiger partial charge < -0.3 is 19.3 Å². The van der Waals surface area contributed by atoms with Crippen molar-refractivity contribution >= 4 is 23.2 Å². The second-order valence-corrected chi connectivity index (χ2v) is 8.09. The lowest BCUT2D eigenvalue weighted by molar-refractivity contribution is -0.121. The van der Waals surface area contributed by atoms with Crippen molar-refractivity contribution in [3.05, 3.63) is 53.4 Å². The van der Waals surface area contributed by atoms with E-state index < -0.39 is 0 Å². The summed E-state index contributed by atoms with van der Waals surface area (Å²) < 4.78 is 16.1. The van der Waals surface area contributed by atoms with E-state index >= 15 is 0 Å². The summed E-state index contributed by atoms with van der Waals surface area (Å²) in [4.78, 5) is 19.6. The summed E-state index contributed by atoms with van der Waals surface area (Å²) in [6.45, 7) is 1.95. The maximum Gasteiger partial charge on any atom is 0.241 e. The lowest BCUT2D eigenvalue weighted by Crippen LogP contribution is -2.40. The zero-order chi connectivity index (χ0) is 22.5. The highest BCUT2D eigenvalue weighted by Crippen LogP contribution is 2.30. The van der Waals surface area contributed by atoms with Gasteiger partial charge in [-0.3, -0.25) is 9.69 Å². The Morgan fingerprint density at radius 1 is 1.25 bits per heavy atom. The molecule has 1 N–H and O–H groups in total. The molecule has 4 rings (SSSR count). The number of nitrogens with zero attached hydrogens (tertiary/aromatic N) is 3.